The zero-order chi connectivity index (χ0) is 13.9. The number of thiophene rings is 1. The largest absolute Gasteiger partial charge is 0.310 e. The van der Waals surface area contributed by atoms with E-state index in [0.717, 1.165) is 6.54 Å². The van der Waals surface area contributed by atoms with Gasteiger partial charge in [-0.3, -0.25) is 0 Å². The van der Waals surface area contributed by atoms with E-state index in [2.05, 4.69) is 32.2 Å². The highest BCUT2D eigenvalue weighted by molar-refractivity contribution is 7.90. The first-order valence-electron chi connectivity index (χ1n) is 6.17. The fourth-order valence-corrected chi connectivity index (χ4v) is 4.32. The average molecular weight is 289 g/mol. The summed E-state index contributed by atoms with van der Waals surface area (Å²) in [6, 6.07) is 2.48. The average Bonchev–Trinajstić information content (AvgIpc) is 2.52. The van der Waals surface area contributed by atoms with Crippen LogP contribution in [0.25, 0.3) is 0 Å². The third-order valence-corrected chi connectivity index (χ3v) is 5.06. The number of aryl methyl sites for hydroxylation is 2. The van der Waals surface area contributed by atoms with Crippen LogP contribution < -0.4 is 5.32 Å². The van der Waals surface area contributed by atoms with Gasteiger partial charge in [0, 0.05) is 22.1 Å². The molecule has 1 heterocycles. The Hall–Kier alpha value is -0.390. The van der Waals surface area contributed by atoms with Crippen molar-refractivity contribution in [2.75, 3.05) is 18.6 Å². The smallest absolute Gasteiger partial charge is 0.147 e. The van der Waals surface area contributed by atoms with Gasteiger partial charge >= 0.3 is 0 Å². The summed E-state index contributed by atoms with van der Waals surface area (Å²) in [5.74, 6) is 0.386. The molecule has 0 aliphatic carbocycles. The minimum atomic E-state index is -2.88. The van der Waals surface area contributed by atoms with Gasteiger partial charge in [-0.05, 0) is 44.9 Å². The lowest BCUT2D eigenvalue weighted by molar-refractivity contribution is 0.491. The van der Waals surface area contributed by atoms with E-state index >= 15 is 0 Å². The summed E-state index contributed by atoms with van der Waals surface area (Å²) in [5.41, 5.74) is 1.32. The van der Waals surface area contributed by atoms with Gasteiger partial charge in [0.05, 0.1) is 5.75 Å². The van der Waals surface area contributed by atoms with Gasteiger partial charge in [0.15, 0.2) is 0 Å². The predicted molar refractivity (Wildman–Crippen MR) is 79.1 cm³/mol. The van der Waals surface area contributed by atoms with Gasteiger partial charge in [-0.2, -0.15) is 0 Å². The van der Waals surface area contributed by atoms with Crippen LogP contribution in [0.15, 0.2) is 6.07 Å². The van der Waals surface area contributed by atoms with Crippen molar-refractivity contribution in [1.29, 1.82) is 0 Å². The number of nitrogens with one attached hydrogen (secondary N) is 1. The minimum absolute atomic E-state index is 0.141. The second kappa shape index (κ2) is 6.17. The Labute approximate surface area is 115 Å². The first kappa shape index (κ1) is 15.7. The van der Waals surface area contributed by atoms with Crippen molar-refractivity contribution in [3.8, 4) is 0 Å². The molecule has 1 rings (SSSR count). The number of hydrogen-bond donors (Lipinski definition) is 1. The van der Waals surface area contributed by atoms with Crippen molar-refractivity contribution >= 4 is 21.2 Å². The van der Waals surface area contributed by atoms with E-state index in [9.17, 15) is 8.42 Å². The van der Waals surface area contributed by atoms with E-state index in [0.29, 0.717) is 0 Å². The van der Waals surface area contributed by atoms with Gasteiger partial charge in [0.1, 0.15) is 9.84 Å². The summed E-state index contributed by atoms with van der Waals surface area (Å²) >= 11 is 1.81. The van der Waals surface area contributed by atoms with Crippen LogP contribution in [-0.4, -0.2) is 27.0 Å². The molecule has 0 amide bonds. The van der Waals surface area contributed by atoms with Crippen LogP contribution in [0.1, 0.15) is 35.2 Å². The van der Waals surface area contributed by atoms with Crippen LogP contribution in [0, 0.1) is 19.8 Å². The zero-order valence-corrected chi connectivity index (χ0v) is 13.4. The molecule has 104 valence electrons. The fraction of sp³-hybridized carbons (Fsp3) is 0.692. The first-order valence-corrected chi connectivity index (χ1v) is 9.04. The van der Waals surface area contributed by atoms with Crippen molar-refractivity contribution in [3.05, 3.63) is 21.4 Å². The topological polar surface area (TPSA) is 46.2 Å². The fourth-order valence-electron chi connectivity index (χ4n) is 2.14. The lowest BCUT2D eigenvalue weighted by Crippen LogP contribution is -2.28. The SMILES string of the molecule is Cc1cc([C@@H](C)NC[C@H](C)CS(C)(=O)=O)c(C)s1. The maximum atomic E-state index is 11.2. The molecule has 0 saturated carbocycles. The quantitative estimate of drug-likeness (QED) is 0.876. The van der Waals surface area contributed by atoms with Gasteiger partial charge < -0.3 is 5.32 Å². The molecule has 0 unspecified atom stereocenters. The van der Waals surface area contributed by atoms with Gasteiger partial charge in [-0.15, -0.1) is 11.3 Å². The first-order chi connectivity index (χ1) is 8.19. The molecule has 18 heavy (non-hydrogen) atoms. The van der Waals surface area contributed by atoms with Gasteiger partial charge in [-0.25, -0.2) is 8.42 Å². The summed E-state index contributed by atoms with van der Waals surface area (Å²) in [7, 11) is -2.88. The van der Waals surface area contributed by atoms with Crippen LogP contribution in [0.5, 0.6) is 0 Å². The molecule has 1 N–H and O–H groups in total. The summed E-state index contributed by atoms with van der Waals surface area (Å²) in [6.07, 6.45) is 1.29. The van der Waals surface area contributed by atoms with E-state index in [1.807, 2.05) is 6.92 Å². The lowest BCUT2D eigenvalue weighted by Gasteiger charge is -2.17. The number of hydrogen-bond acceptors (Lipinski definition) is 4. The van der Waals surface area contributed by atoms with Crippen molar-refractivity contribution in [2.45, 2.75) is 33.7 Å². The number of sulfone groups is 1. The highest BCUT2D eigenvalue weighted by atomic mass is 32.2. The molecular weight excluding hydrogens is 266 g/mol. The standard InChI is InChI=1S/C13H23NO2S2/c1-9(8-18(5,15)16)7-14-11(3)13-6-10(2)17-12(13)4/h6,9,11,14H,7-8H2,1-5H3/t9-,11+/m0/s1. The van der Waals surface area contributed by atoms with E-state index in [1.165, 1.54) is 21.6 Å². The molecule has 0 fully saturated rings. The highest BCUT2D eigenvalue weighted by Gasteiger charge is 2.14. The number of rotatable bonds is 6. The van der Waals surface area contributed by atoms with E-state index in [4.69, 9.17) is 0 Å². The van der Waals surface area contributed by atoms with Crippen molar-refractivity contribution in [1.82, 2.24) is 5.32 Å². The van der Waals surface area contributed by atoms with Crippen LogP contribution in [0.2, 0.25) is 0 Å². The Morgan fingerprint density at radius 3 is 2.39 bits per heavy atom. The molecule has 1 aromatic rings. The molecule has 5 heteroatoms. The van der Waals surface area contributed by atoms with E-state index in [1.54, 1.807) is 11.3 Å². The van der Waals surface area contributed by atoms with Crippen LogP contribution >= 0.6 is 11.3 Å². The van der Waals surface area contributed by atoms with Crippen LogP contribution in [0.4, 0.5) is 0 Å². The maximum absolute atomic E-state index is 11.2. The maximum Gasteiger partial charge on any atom is 0.147 e. The second-order valence-electron chi connectivity index (χ2n) is 5.20. The molecule has 0 aliphatic rings. The molecule has 0 aliphatic heterocycles. The Bertz CT molecular complexity index is 491. The van der Waals surface area contributed by atoms with Crippen molar-refractivity contribution in [2.24, 2.45) is 5.92 Å². The highest BCUT2D eigenvalue weighted by Crippen LogP contribution is 2.26. The van der Waals surface area contributed by atoms with Gasteiger partial charge in [0.2, 0.25) is 0 Å². The van der Waals surface area contributed by atoms with E-state index in [-0.39, 0.29) is 17.7 Å². The van der Waals surface area contributed by atoms with Crippen LogP contribution in [-0.2, 0) is 9.84 Å². The normalized spacial score (nSPS) is 15.6. The lowest BCUT2D eigenvalue weighted by atomic mass is 10.1. The van der Waals surface area contributed by atoms with Gasteiger partial charge in [0.25, 0.3) is 0 Å². The predicted octanol–water partition coefficient (Wildman–Crippen LogP) is 2.70. The molecule has 1 aromatic heterocycles. The van der Waals surface area contributed by atoms with Crippen molar-refractivity contribution in [3.63, 3.8) is 0 Å². The van der Waals surface area contributed by atoms with Crippen molar-refractivity contribution < 1.29 is 8.42 Å². The molecule has 0 saturated heterocycles. The monoisotopic (exact) mass is 289 g/mol. The molecule has 0 radical (unpaired) electrons. The van der Waals surface area contributed by atoms with E-state index < -0.39 is 9.84 Å². The molecule has 0 bridgehead atoms. The Kier molecular flexibility index (Phi) is 5.37. The zero-order valence-electron chi connectivity index (χ0n) is 11.8. The molecule has 0 aromatic carbocycles. The second-order valence-corrected chi connectivity index (χ2v) is 8.84. The molecule has 2 atom stereocenters. The molecule has 0 spiro atoms. The van der Waals surface area contributed by atoms with Gasteiger partial charge in [-0.1, -0.05) is 6.92 Å². The third-order valence-electron chi connectivity index (χ3n) is 2.91. The Balaban J connectivity index is 2.51. The Morgan fingerprint density at radius 1 is 1.33 bits per heavy atom. The third kappa shape index (κ3) is 5.08. The summed E-state index contributed by atoms with van der Waals surface area (Å²) < 4.78 is 22.4. The molecule has 3 nitrogen and oxygen atoms in total. The minimum Gasteiger partial charge on any atom is -0.310 e. The summed E-state index contributed by atoms with van der Waals surface area (Å²) in [6.45, 7) is 9.06. The molecular formula is C13H23NO2S2. The Morgan fingerprint density at radius 2 is 1.94 bits per heavy atom. The van der Waals surface area contributed by atoms with Crippen LogP contribution in [0.3, 0.4) is 0 Å². The summed E-state index contributed by atoms with van der Waals surface area (Å²) in [5, 5.41) is 3.42. The summed E-state index contributed by atoms with van der Waals surface area (Å²) in [4.78, 5) is 2.66.